The Morgan fingerprint density at radius 2 is 1.92 bits per heavy atom. The summed E-state index contributed by atoms with van der Waals surface area (Å²) in [6.45, 7) is 2.20. The number of aromatic nitrogens is 2. The van der Waals surface area contributed by atoms with Gasteiger partial charge in [0.15, 0.2) is 5.16 Å². The molecule has 0 aliphatic carbocycles. The van der Waals surface area contributed by atoms with Crippen molar-refractivity contribution >= 4 is 66.6 Å². The highest BCUT2D eigenvalue weighted by atomic mass is 35.5. The van der Waals surface area contributed by atoms with Gasteiger partial charge in [0, 0.05) is 26.9 Å². The third kappa shape index (κ3) is 5.23. The Kier molecular flexibility index (Phi) is 7.50. The number of fused-ring (bicyclic) bond motifs is 3. The molecule has 2 heterocycles. The number of rotatable bonds is 8. The largest absolute Gasteiger partial charge is 0.497 e. The fraction of sp³-hybridized carbons (Fsp3) is 0.179. The van der Waals surface area contributed by atoms with Crippen LogP contribution < -0.4 is 15.6 Å². The van der Waals surface area contributed by atoms with Crippen LogP contribution in [0.5, 0.6) is 5.75 Å². The maximum Gasteiger partial charge on any atom is 0.272 e. The molecule has 1 amide bonds. The zero-order valence-electron chi connectivity index (χ0n) is 20.2. The van der Waals surface area contributed by atoms with Crippen LogP contribution in [0.25, 0.3) is 20.3 Å². The zero-order chi connectivity index (χ0) is 25.9. The molecule has 2 aromatic heterocycles. The number of carbonyl (C=O) groups excluding carboxylic acids is 1. The van der Waals surface area contributed by atoms with Gasteiger partial charge in [0.2, 0.25) is 5.91 Å². The second-order valence-electron chi connectivity index (χ2n) is 8.39. The molecular weight excluding hydrogens is 526 g/mol. The average Bonchev–Trinajstić information content (AvgIpc) is 3.29. The molecule has 0 bridgehead atoms. The van der Waals surface area contributed by atoms with Gasteiger partial charge in [-0.15, -0.1) is 11.3 Å². The minimum absolute atomic E-state index is 0.142. The fourth-order valence-corrected chi connectivity index (χ4v) is 6.34. The van der Waals surface area contributed by atoms with Gasteiger partial charge in [-0.1, -0.05) is 72.8 Å². The van der Waals surface area contributed by atoms with Crippen LogP contribution in [0.1, 0.15) is 18.9 Å². The van der Waals surface area contributed by atoms with Gasteiger partial charge in [-0.05, 0) is 36.2 Å². The number of methoxy groups -OCH3 is 1. The SMILES string of the molecule is CC[C@@H](Sc1nc2c(sc3ccccc32)c(=O)n1Cc1ccccc1Cl)C(=O)Nc1cccc(OC)c1. The van der Waals surface area contributed by atoms with E-state index in [0.717, 1.165) is 15.6 Å². The number of benzene rings is 3. The molecule has 9 heteroatoms. The quantitative estimate of drug-likeness (QED) is 0.170. The van der Waals surface area contributed by atoms with Gasteiger partial charge in [-0.25, -0.2) is 4.98 Å². The highest BCUT2D eigenvalue weighted by molar-refractivity contribution is 8.00. The molecule has 5 rings (SSSR count). The van der Waals surface area contributed by atoms with Crippen LogP contribution in [-0.2, 0) is 11.3 Å². The summed E-state index contributed by atoms with van der Waals surface area (Å²) in [4.78, 5) is 32.0. The van der Waals surface area contributed by atoms with E-state index in [-0.39, 0.29) is 18.0 Å². The summed E-state index contributed by atoms with van der Waals surface area (Å²) in [5, 5.41) is 4.48. The summed E-state index contributed by atoms with van der Waals surface area (Å²) in [5.74, 6) is 0.484. The highest BCUT2D eigenvalue weighted by Gasteiger charge is 2.24. The first-order valence-corrected chi connectivity index (χ1v) is 13.8. The monoisotopic (exact) mass is 549 g/mol. The van der Waals surface area contributed by atoms with Crippen molar-refractivity contribution in [3.05, 3.63) is 93.7 Å². The Hall–Kier alpha value is -3.33. The number of hydrogen-bond donors (Lipinski definition) is 1. The number of nitrogens with zero attached hydrogens (tertiary/aromatic N) is 2. The maximum absolute atomic E-state index is 13.8. The Bertz CT molecular complexity index is 1660. The lowest BCUT2D eigenvalue weighted by Crippen LogP contribution is -2.28. The van der Waals surface area contributed by atoms with E-state index in [1.807, 2.05) is 67.6 Å². The van der Waals surface area contributed by atoms with E-state index >= 15 is 0 Å². The molecule has 3 aromatic carbocycles. The number of amides is 1. The molecule has 0 aliphatic rings. The number of ether oxygens (including phenoxy) is 1. The molecule has 1 N–H and O–H groups in total. The molecule has 0 radical (unpaired) electrons. The molecule has 0 fully saturated rings. The molecule has 0 saturated carbocycles. The first-order valence-electron chi connectivity index (χ1n) is 11.8. The van der Waals surface area contributed by atoms with Gasteiger partial charge in [-0.3, -0.25) is 14.2 Å². The Labute approximate surface area is 227 Å². The predicted molar refractivity (Wildman–Crippen MR) is 153 cm³/mol. The lowest BCUT2D eigenvalue weighted by molar-refractivity contribution is -0.115. The number of carbonyl (C=O) groups is 1. The Morgan fingerprint density at radius 3 is 2.70 bits per heavy atom. The van der Waals surface area contributed by atoms with Crippen LogP contribution in [0.4, 0.5) is 5.69 Å². The van der Waals surface area contributed by atoms with Crippen LogP contribution >= 0.6 is 34.7 Å². The summed E-state index contributed by atoms with van der Waals surface area (Å²) in [6, 6.07) is 22.5. The second-order valence-corrected chi connectivity index (χ2v) is 11.0. The third-order valence-electron chi connectivity index (χ3n) is 5.98. The normalized spacial score (nSPS) is 12.1. The van der Waals surface area contributed by atoms with Crippen LogP contribution in [0, 0.1) is 0 Å². The van der Waals surface area contributed by atoms with Gasteiger partial charge in [-0.2, -0.15) is 0 Å². The third-order valence-corrected chi connectivity index (χ3v) is 8.85. The first-order chi connectivity index (χ1) is 18.0. The summed E-state index contributed by atoms with van der Waals surface area (Å²) < 4.78 is 8.48. The van der Waals surface area contributed by atoms with Gasteiger partial charge in [0.05, 0.1) is 24.4 Å². The lowest BCUT2D eigenvalue weighted by Gasteiger charge is -2.18. The van der Waals surface area contributed by atoms with E-state index < -0.39 is 5.25 Å². The van der Waals surface area contributed by atoms with Crippen molar-refractivity contribution in [3.63, 3.8) is 0 Å². The standard InChI is InChI=1S/C28H24ClN3O3S2/c1-3-22(26(33)30-18-10-8-11-19(15-18)35-2)37-28-31-24-20-12-5-7-14-23(20)36-25(24)27(34)32(28)16-17-9-4-6-13-21(17)29/h4-15,22H,3,16H2,1-2H3,(H,30,33)/t22-/m1/s1. The van der Waals surface area contributed by atoms with Gasteiger partial charge in [0.1, 0.15) is 10.4 Å². The Balaban J connectivity index is 1.56. The van der Waals surface area contributed by atoms with Gasteiger partial charge in [0.25, 0.3) is 5.56 Å². The lowest BCUT2D eigenvalue weighted by atomic mass is 10.2. The number of thiophene rings is 1. The molecule has 0 unspecified atom stereocenters. The molecule has 6 nitrogen and oxygen atoms in total. The molecule has 0 aliphatic heterocycles. The highest BCUT2D eigenvalue weighted by Crippen LogP contribution is 2.34. The van der Waals surface area contributed by atoms with Crippen molar-refractivity contribution in [2.45, 2.75) is 30.3 Å². The number of thioether (sulfide) groups is 1. The molecule has 1 atom stereocenters. The van der Waals surface area contributed by atoms with Crippen LogP contribution in [0.15, 0.2) is 82.7 Å². The van der Waals surface area contributed by atoms with Crippen LogP contribution in [-0.4, -0.2) is 27.8 Å². The Morgan fingerprint density at radius 1 is 1.14 bits per heavy atom. The summed E-state index contributed by atoms with van der Waals surface area (Å²) >= 11 is 9.17. The van der Waals surface area contributed by atoms with Gasteiger partial charge < -0.3 is 10.1 Å². The zero-order valence-corrected chi connectivity index (χ0v) is 22.6. The summed E-state index contributed by atoms with van der Waals surface area (Å²) in [6.07, 6.45) is 0.546. The number of hydrogen-bond acceptors (Lipinski definition) is 6. The van der Waals surface area contributed by atoms with Crippen molar-refractivity contribution in [2.75, 3.05) is 12.4 Å². The molecule has 188 valence electrons. The van der Waals surface area contributed by atoms with Crippen molar-refractivity contribution in [1.29, 1.82) is 0 Å². The number of anilines is 1. The minimum Gasteiger partial charge on any atom is -0.497 e. The molecule has 37 heavy (non-hydrogen) atoms. The van der Waals surface area contributed by atoms with Crippen molar-refractivity contribution in [2.24, 2.45) is 0 Å². The summed E-state index contributed by atoms with van der Waals surface area (Å²) in [7, 11) is 1.58. The summed E-state index contributed by atoms with van der Waals surface area (Å²) in [5.41, 5.74) is 1.97. The number of nitrogens with one attached hydrogen (secondary N) is 1. The molecule has 5 aromatic rings. The molecule has 0 spiro atoms. The van der Waals surface area contributed by atoms with Crippen LogP contribution in [0.3, 0.4) is 0 Å². The smallest absolute Gasteiger partial charge is 0.272 e. The number of halogens is 1. The molecule has 0 saturated heterocycles. The van der Waals surface area contributed by atoms with E-state index in [9.17, 15) is 9.59 Å². The van der Waals surface area contributed by atoms with Crippen molar-refractivity contribution in [1.82, 2.24) is 9.55 Å². The van der Waals surface area contributed by atoms with E-state index in [1.165, 1.54) is 23.1 Å². The van der Waals surface area contributed by atoms with Gasteiger partial charge >= 0.3 is 0 Å². The van der Waals surface area contributed by atoms with E-state index in [1.54, 1.807) is 23.8 Å². The minimum atomic E-state index is -0.474. The van der Waals surface area contributed by atoms with E-state index in [2.05, 4.69) is 5.32 Å². The maximum atomic E-state index is 13.8. The van der Waals surface area contributed by atoms with Crippen molar-refractivity contribution in [3.8, 4) is 5.75 Å². The second kappa shape index (κ2) is 11.0. The predicted octanol–water partition coefficient (Wildman–Crippen LogP) is 6.83. The van der Waals surface area contributed by atoms with Crippen LogP contribution in [0.2, 0.25) is 5.02 Å². The first kappa shape index (κ1) is 25.3. The molecular formula is C28H24ClN3O3S2. The average molecular weight is 550 g/mol. The fourth-order valence-electron chi connectivity index (χ4n) is 4.05. The van der Waals surface area contributed by atoms with Crippen molar-refractivity contribution < 1.29 is 9.53 Å². The topological polar surface area (TPSA) is 73.2 Å². The van der Waals surface area contributed by atoms with E-state index in [4.69, 9.17) is 21.3 Å². The van der Waals surface area contributed by atoms with E-state index in [0.29, 0.717) is 38.3 Å².